The standard InChI is InChI=1S/C3H5NO2S2/c5-2-4-3(6,8)1-7/h6-8H,1H2. The largest absolute Gasteiger partial charge is 0.360 e. The van der Waals surface area contributed by atoms with Gasteiger partial charge in [-0.3, -0.25) is 0 Å². The van der Waals surface area contributed by atoms with Crippen LogP contribution in [0.25, 0.3) is 0 Å². The van der Waals surface area contributed by atoms with Crippen LogP contribution in [0.1, 0.15) is 0 Å². The van der Waals surface area contributed by atoms with Crippen molar-refractivity contribution in [2.75, 3.05) is 5.75 Å². The van der Waals surface area contributed by atoms with Crippen LogP contribution >= 0.6 is 25.3 Å². The number of thiol groups is 2. The SMILES string of the molecule is O=C=NC(O)(S)CS. The smallest absolute Gasteiger partial charge is 0.238 e. The second kappa shape index (κ2) is 3.14. The number of carbonyl (C=O) groups excluding carboxylic acids is 1. The molecule has 0 saturated carbocycles. The molecule has 0 radical (unpaired) electrons. The number of rotatable bonds is 2. The number of aliphatic imine (C=N–C) groups is 1. The summed E-state index contributed by atoms with van der Waals surface area (Å²) >= 11 is 7.15. The third-order valence-electron chi connectivity index (χ3n) is 0.437. The van der Waals surface area contributed by atoms with Gasteiger partial charge in [-0.25, -0.2) is 4.79 Å². The highest BCUT2D eigenvalue weighted by atomic mass is 32.1. The van der Waals surface area contributed by atoms with Gasteiger partial charge in [0.25, 0.3) is 0 Å². The third kappa shape index (κ3) is 3.10. The van der Waals surface area contributed by atoms with E-state index in [0.717, 1.165) is 6.08 Å². The minimum atomic E-state index is -1.65. The van der Waals surface area contributed by atoms with Crippen LogP contribution in [0.15, 0.2) is 4.99 Å². The minimum Gasteiger partial charge on any atom is -0.360 e. The lowest BCUT2D eigenvalue weighted by molar-refractivity contribution is 0.176. The van der Waals surface area contributed by atoms with Crippen LogP contribution in [-0.4, -0.2) is 22.0 Å². The van der Waals surface area contributed by atoms with Gasteiger partial charge in [-0.15, -0.1) is 12.6 Å². The van der Waals surface area contributed by atoms with Crippen LogP contribution in [0.4, 0.5) is 0 Å². The summed E-state index contributed by atoms with van der Waals surface area (Å²) in [5.41, 5.74) is 0. The molecule has 0 saturated heterocycles. The van der Waals surface area contributed by atoms with Gasteiger partial charge >= 0.3 is 0 Å². The number of isocyanates is 1. The molecule has 0 aliphatic heterocycles. The first-order valence-corrected chi connectivity index (χ1v) is 2.85. The van der Waals surface area contributed by atoms with Crippen molar-refractivity contribution in [3.05, 3.63) is 0 Å². The van der Waals surface area contributed by atoms with Gasteiger partial charge in [-0.1, -0.05) is 0 Å². The van der Waals surface area contributed by atoms with Crippen LogP contribution in [-0.2, 0) is 4.79 Å². The lowest BCUT2D eigenvalue weighted by atomic mass is 10.7. The highest BCUT2D eigenvalue weighted by molar-refractivity contribution is 7.85. The average molecular weight is 151 g/mol. The summed E-state index contributed by atoms with van der Waals surface area (Å²) in [6.45, 7) is 0. The summed E-state index contributed by atoms with van der Waals surface area (Å²) < 4.78 is 0. The van der Waals surface area contributed by atoms with Crippen molar-refractivity contribution in [1.29, 1.82) is 0 Å². The molecule has 0 fully saturated rings. The van der Waals surface area contributed by atoms with Gasteiger partial charge in [0.1, 0.15) is 0 Å². The topological polar surface area (TPSA) is 49.7 Å². The first-order chi connectivity index (χ1) is 3.62. The molecule has 3 nitrogen and oxygen atoms in total. The van der Waals surface area contributed by atoms with E-state index in [1.54, 1.807) is 0 Å². The Morgan fingerprint density at radius 2 is 2.38 bits per heavy atom. The molecule has 0 spiro atoms. The van der Waals surface area contributed by atoms with E-state index in [1.165, 1.54) is 0 Å². The molecule has 0 amide bonds. The Hall–Kier alpha value is 0.0400. The van der Waals surface area contributed by atoms with Crippen LogP contribution < -0.4 is 0 Å². The molecule has 5 heteroatoms. The minimum absolute atomic E-state index is 0.00858. The summed E-state index contributed by atoms with van der Waals surface area (Å²) in [5.74, 6) is -0.00858. The van der Waals surface area contributed by atoms with E-state index in [1.807, 2.05) is 0 Å². The van der Waals surface area contributed by atoms with Crippen molar-refractivity contribution >= 4 is 31.3 Å². The van der Waals surface area contributed by atoms with Crippen molar-refractivity contribution in [3.8, 4) is 0 Å². The molecule has 8 heavy (non-hydrogen) atoms. The van der Waals surface area contributed by atoms with Crippen LogP contribution in [0.2, 0.25) is 0 Å². The van der Waals surface area contributed by atoms with E-state index >= 15 is 0 Å². The van der Waals surface area contributed by atoms with Crippen LogP contribution in [0.3, 0.4) is 0 Å². The third-order valence-corrected chi connectivity index (χ3v) is 1.39. The Balaban J connectivity index is 3.90. The summed E-state index contributed by atoms with van der Waals surface area (Å²) in [5, 5.41) is 7.03. The lowest BCUT2D eigenvalue weighted by Gasteiger charge is -2.08. The van der Waals surface area contributed by atoms with Gasteiger partial charge < -0.3 is 5.11 Å². The van der Waals surface area contributed by atoms with Gasteiger partial charge in [0.15, 0.2) is 0 Å². The maximum atomic E-state index is 9.44. The fraction of sp³-hybridized carbons (Fsp3) is 0.667. The lowest BCUT2D eigenvalue weighted by Crippen LogP contribution is -2.18. The van der Waals surface area contributed by atoms with E-state index in [2.05, 4.69) is 30.2 Å². The van der Waals surface area contributed by atoms with Gasteiger partial charge in [0.2, 0.25) is 11.1 Å². The molecule has 0 rings (SSSR count). The molecule has 1 unspecified atom stereocenters. The average Bonchev–Trinajstić information content (AvgIpc) is 1.67. The van der Waals surface area contributed by atoms with E-state index in [4.69, 9.17) is 5.11 Å². The zero-order valence-electron chi connectivity index (χ0n) is 3.90. The van der Waals surface area contributed by atoms with Crippen LogP contribution in [0.5, 0.6) is 0 Å². The quantitative estimate of drug-likeness (QED) is 0.222. The molecule has 0 aromatic heterocycles. The maximum absolute atomic E-state index is 9.44. The second-order valence-electron chi connectivity index (χ2n) is 1.14. The summed E-state index contributed by atoms with van der Waals surface area (Å²) in [6, 6.07) is 0. The normalized spacial score (nSPS) is 16.4. The van der Waals surface area contributed by atoms with Crippen molar-refractivity contribution in [1.82, 2.24) is 0 Å². The van der Waals surface area contributed by atoms with Gasteiger partial charge in [-0.05, 0) is 0 Å². The summed E-state index contributed by atoms with van der Waals surface area (Å²) in [6.07, 6.45) is 1.16. The van der Waals surface area contributed by atoms with E-state index in [-0.39, 0.29) is 5.75 Å². The molecule has 1 atom stereocenters. The zero-order chi connectivity index (χ0) is 6.62. The highest BCUT2D eigenvalue weighted by Crippen LogP contribution is 2.11. The maximum Gasteiger partial charge on any atom is 0.238 e. The number of nitrogens with zero attached hydrogens (tertiary/aromatic N) is 1. The molecule has 1 N–H and O–H groups in total. The van der Waals surface area contributed by atoms with Gasteiger partial charge in [-0.2, -0.15) is 17.6 Å². The Labute approximate surface area is 57.6 Å². The van der Waals surface area contributed by atoms with Crippen LogP contribution in [0, 0.1) is 0 Å². The molecular weight excluding hydrogens is 146 g/mol. The predicted molar refractivity (Wildman–Crippen MR) is 35.9 cm³/mol. The number of aliphatic hydroxyl groups is 1. The van der Waals surface area contributed by atoms with Crippen molar-refractivity contribution in [2.24, 2.45) is 4.99 Å². The number of hydrogen-bond donors (Lipinski definition) is 3. The van der Waals surface area contributed by atoms with E-state index in [9.17, 15) is 4.79 Å². The highest BCUT2D eigenvalue weighted by Gasteiger charge is 2.16. The fourth-order valence-electron chi connectivity index (χ4n) is 0.108. The molecule has 0 aromatic carbocycles. The molecule has 0 bridgehead atoms. The zero-order valence-corrected chi connectivity index (χ0v) is 5.69. The van der Waals surface area contributed by atoms with Gasteiger partial charge in [0, 0.05) is 0 Å². The van der Waals surface area contributed by atoms with Gasteiger partial charge in [0.05, 0.1) is 5.75 Å². The Morgan fingerprint density at radius 1 is 1.88 bits per heavy atom. The first kappa shape index (κ1) is 8.04. The van der Waals surface area contributed by atoms with Crippen molar-refractivity contribution < 1.29 is 9.90 Å². The Bertz CT molecular complexity index is 118. The van der Waals surface area contributed by atoms with E-state index in [0.29, 0.717) is 0 Å². The second-order valence-corrected chi connectivity index (χ2v) is 2.17. The van der Waals surface area contributed by atoms with Crippen molar-refractivity contribution in [2.45, 2.75) is 5.06 Å². The number of hydrogen-bond acceptors (Lipinski definition) is 5. The molecule has 0 aliphatic rings. The molecule has 0 aromatic rings. The summed E-state index contributed by atoms with van der Waals surface area (Å²) in [7, 11) is 0. The fourth-order valence-corrected chi connectivity index (χ4v) is 0.220. The summed E-state index contributed by atoms with van der Waals surface area (Å²) in [4.78, 5) is 12.4. The molecule has 0 heterocycles. The predicted octanol–water partition coefficient (Wildman–Crippen LogP) is -0.172. The Morgan fingerprint density at radius 3 is 2.50 bits per heavy atom. The monoisotopic (exact) mass is 151 g/mol. The Kier molecular flexibility index (Phi) is 3.16. The van der Waals surface area contributed by atoms with E-state index < -0.39 is 5.06 Å². The van der Waals surface area contributed by atoms with Crippen molar-refractivity contribution in [3.63, 3.8) is 0 Å². The molecule has 46 valence electrons. The molecular formula is C3H5NO2S2. The first-order valence-electron chi connectivity index (χ1n) is 1.77. The molecule has 0 aliphatic carbocycles.